The zero-order chi connectivity index (χ0) is 15.4. The molecule has 0 N–H and O–H groups in total. The van der Waals surface area contributed by atoms with Crippen LogP contribution in [0.3, 0.4) is 0 Å². The van der Waals surface area contributed by atoms with Gasteiger partial charge in [-0.2, -0.15) is 0 Å². The first kappa shape index (κ1) is 15.4. The zero-order valence-electron chi connectivity index (χ0n) is 14.2. The third-order valence-electron chi connectivity index (χ3n) is 6.73. The average molecular weight is 310 g/mol. The molecule has 1 spiro atoms. The minimum atomic E-state index is -0.631. The van der Waals surface area contributed by atoms with E-state index in [-0.39, 0.29) is 11.9 Å². The molecule has 0 amide bonds. The Morgan fingerprint density at radius 3 is 2.77 bits per heavy atom. The highest BCUT2D eigenvalue weighted by Crippen LogP contribution is 2.60. The SMILES string of the molecule is CCCC[C@H]1CO[C@@H]2O[C@]3(C)CC[C@H]4[C@H](C)CC[C@@H]1[C@@]24OO3. The van der Waals surface area contributed by atoms with E-state index in [4.69, 9.17) is 19.2 Å². The number of hydrogen-bond donors (Lipinski definition) is 0. The van der Waals surface area contributed by atoms with Crippen molar-refractivity contribution in [3.63, 3.8) is 0 Å². The first-order valence-electron chi connectivity index (χ1n) is 9.25. The lowest BCUT2D eigenvalue weighted by molar-refractivity contribution is -0.567. The number of hydrogen-bond acceptors (Lipinski definition) is 4. The Morgan fingerprint density at radius 2 is 1.95 bits per heavy atom. The maximum atomic E-state index is 6.26. The van der Waals surface area contributed by atoms with Gasteiger partial charge in [0.15, 0.2) is 11.9 Å². The lowest BCUT2D eigenvalue weighted by atomic mass is 9.57. The fraction of sp³-hybridized carbons (Fsp3) is 1.00. The van der Waals surface area contributed by atoms with Crippen molar-refractivity contribution < 1.29 is 19.2 Å². The maximum absolute atomic E-state index is 6.26. The molecule has 126 valence electrons. The molecular formula is C18H30O4. The Kier molecular flexibility index (Phi) is 3.80. The molecule has 4 nitrogen and oxygen atoms in total. The van der Waals surface area contributed by atoms with E-state index >= 15 is 0 Å². The maximum Gasteiger partial charge on any atom is 0.201 e. The monoisotopic (exact) mass is 310 g/mol. The molecule has 4 aliphatic heterocycles. The van der Waals surface area contributed by atoms with Crippen molar-refractivity contribution in [3.8, 4) is 0 Å². The van der Waals surface area contributed by atoms with Crippen molar-refractivity contribution in [3.05, 3.63) is 0 Å². The van der Waals surface area contributed by atoms with Crippen LogP contribution in [0.15, 0.2) is 0 Å². The van der Waals surface area contributed by atoms with E-state index in [9.17, 15) is 0 Å². The number of fused-ring (bicyclic) bond motifs is 2. The molecule has 1 aliphatic carbocycles. The molecule has 5 rings (SSSR count). The quantitative estimate of drug-likeness (QED) is 0.737. The summed E-state index contributed by atoms with van der Waals surface area (Å²) in [7, 11) is 0. The third kappa shape index (κ3) is 2.10. The van der Waals surface area contributed by atoms with Crippen LogP contribution >= 0.6 is 0 Å². The number of rotatable bonds is 3. The molecule has 5 fully saturated rings. The van der Waals surface area contributed by atoms with E-state index in [1.807, 2.05) is 6.92 Å². The molecule has 4 heteroatoms. The molecule has 2 bridgehead atoms. The molecule has 7 atom stereocenters. The number of ether oxygens (including phenoxy) is 2. The Balaban J connectivity index is 1.69. The van der Waals surface area contributed by atoms with E-state index in [1.165, 1.54) is 32.1 Å². The zero-order valence-corrected chi connectivity index (χ0v) is 14.2. The van der Waals surface area contributed by atoms with Gasteiger partial charge in [-0.05, 0) is 50.4 Å². The van der Waals surface area contributed by atoms with E-state index in [0.717, 1.165) is 19.4 Å². The van der Waals surface area contributed by atoms with Crippen LogP contribution in [0, 0.1) is 23.7 Å². The third-order valence-corrected chi connectivity index (χ3v) is 6.73. The van der Waals surface area contributed by atoms with Crippen LogP contribution in [0.5, 0.6) is 0 Å². The minimum Gasteiger partial charge on any atom is -0.349 e. The van der Waals surface area contributed by atoms with E-state index in [2.05, 4.69) is 13.8 Å². The fourth-order valence-electron chi connectivity index (χ4n) is 5.47. The summed E-state index contributed by atoms with van der Waals surface area (Å²) in [4.78, 5) is 12.0. The summed E-state index contributed by atoms with van der Waals surface area (Å²) in [5.74, 6) is 1.61. The Labute approximate surface area is 133 Å². The second kappa shape index (κ2) is 5.44. The molecule has 0 aromatic rings. The van der Waals surface area contributed by atoms with Gasteiger partial charge in [0.05, 0.1) is 6.61 Å². The van der Waals surface area contributed by atoms with Crippen molar-refractivity contribution in [2.24, 2.45) is 23.7 Å². The Hall–Kier alpha value is -0.160. The Morgan fingerprint density at radius 1 is 1.09 bits per heavy atom. The standard InChI is InChI=1S/C18H30O4/c1-4-5-6-13-11-19-16-18-14(12(2)7-8-15(13)18)9-10-17(3,20-16)21-22-18/h12-16H,4-11H2,1-3H3/t12-,13+,14+,15+,16-,17+,18-/m1/s1. The smallest absolute Gasteiger partial charge is 0.201 e. The summed E-state index contributed by atoms with van der Waals surface area (Å²) in [6.07, 6.45) is 8.03. The van der Waals surface area contributed by atoms with Gasteiger partial charge in [-0.25, -0.2) is 9.78 Å². The lowest BCUT2D eigenvalue weighted by Gasteiger charge is -2.59. The molecule has 4 heterocycles. The van der Waals surface area contributed by atoms with Gasteiger partial charge in [0.2, 0.25) is 5.79 Å². The highest BCUT2D eigenvalue weighted by Gasteiger charge is 2.68. The molecule has 0 unspecified atom stereocenters. The van der Waals surface area contributed by atoms with Gasteiger partial charge in [-0.15, -0.1) is 0 Å². The minimum absolute atomic E-state index is 0.246. The predicted octanol–water partition coefficient (Wildman–Crippen LogP) is 4.04. The summed E-state index contributed by atoms with van der Waals surface area (Å²) >= 11 is 0. The second-order valence-corrected chi connectivity index (χ2v) is 8.15. The molecular weight excluding hydrogens is 280 g/mol. The van der Waals surface area contributed by atoms with Crippen molar-refractivity contribution in [1.82, 2.24) is 0 Å². The van der Waals surface area contributed by atoms with Gasteiger partial charge in [-0.3, -0.25) is 0 Å². The van der Waals surface area contributed by atoms with Gasteiger partial charge < -0.3 is 9.47 Å². The lowest BCUT2D eigenvalue weighted by Crippen LogP contribution is -2.69. The second-order valence-electron chi connectivity index (χ2n) is 8.15. The Bertz CT molecular complexity index is 427. The van der Waals surface area contributed by atoms with Gasteiger partial charge in [0.1, 0.15) is 0 Å². The molecule has 1 saturated carbocycles. The highest BCUT2D eigenvalue weighted by molar-refractivity contribution is 5.08. The normalized spacial score (nSPS) is 53.9. The van der Waals surface area contributed by atoms with Crippen LogP contribution < -0.4 is 0 Å². The van der Waals surface area contributed by atoms with Crippen molar-refractivity contribution >= 4 is 0 Å². The van der Waals surface area contributed by atoms with Crippen LogP contribution in [-0.4, -0.2) is 24.3 Å². The van der Waals surface area contributed by atoms with Crippen LogP contribution in [0.4, 0.5) is 0 Å². The van der Waals surface area contributed by atoms with Gasteiger partial charge >= 0.3 is 0 Å². The highest BCUT2D eigenvalue weighted by atomic mass is 17.3. The van der Waals surface area contributed by atoms with E-state index < -0.39 is 5.79 Å². The van der Waals surface area contributed by atoms with Crippen LogP contribution in [-0.2, 0) is 19.2 Å². The summed E-state index contributed by atoms with van der Waals surface area (Å²) in [6, 6.07) is 0. The van der Waals surface area contributed by atoms with Crippen LogP contribution in [0.25, 0.3) is 0 Å². The van der Waals surface area contributed by atoms with E-state index in [1.54, 1.807) is 0 Å². The molecule has 4 saturated heterocycles. The average Bonchev–Trinajstić information content (AvgIpc) is 2.74. The predicted molar refractivity (Wildman–Crippen MR) is 81.8 cm³/mol. The van der Waals surface area contributed by atoms with Gasteiger partial charge in [0.25, 0.3) is 0 Å². The summed E-state index contributed by atoms with van der Waals surface area (Å²) < 4.78 is 12.5. The van der Waals surface area contributed by atoms with E-state index in [0.29, 0.717) is 23.7 Å². The van der Waals surface area contributed by atoms with Crippen LogP contribution in [0.1, 0.15) is 65.7 Å². The molecule has 22 heavy (non-hydrogen) atoms. The van der Waals surface area contributed by atoms with Gasteiger partial charge in [-0.1, -0.05) is 26.7 Å². The number of unbranched alkanes of at least 4 members (excludes halogenated alkanes) is 1. The summed E-state index contributed by atoms with van der Waals surface area (Å²) in [5.41, 5.74) is -0.371. The van der Waals surface area contributed by atoms with Crippen LogP contribution in [0.2, 0.25) is 0 Å². The van der Waals surface area contributed by atoms with Gasteiger partial charge in [0, 0.05) is 12.3 Å². The fourth-order valence-corrected chi connectivity index (χ4v) is 5.47. The topological polar surface area (TPSA) is 36.9 Å². The summed E-state index contributed by atoms with van der Waals surface area (Å²) in [6.45, 7) is 7.44. The van der Waals surface area contributed by atoms with Crippen molar-refractivity contribution in [1.29, 1.82) is 0 Å². The largest absolute Gasteiger partial charge is 0.349 e. The van der Waals surface area contributed by atoms with Crippen molar-refractivity contribution in [2.45, 2.75) is 83.4 Å². The molecule has 0 radical (unpaired) electrons. The first-order valence-corrected chi connectivity index (χ1v) is 9.25. The molecule has 0 aromatic carbocycles. The molecule has 5 aliphatic rings. The summed E-state index contributed by atoms with van der Waals surface area (Å²) in [5, 5.41) is 0. The molecule has 0 aromatic heterocycles. The van der Waals surface area contributed by atoms with Crippen molar-refractivity contribution in [2.75, 3.05) is 6.61 Å². The first-order chi connectivity index (χ1) is 10.6.